The van der Waals surface area contributed by atoms with Gasteiger partial charge in [0.2, 0.25) is 0 Å². The largest absolute Gasteiger partial charge is 0.481 e. The van der Waals surface area contributed by atoms with E-state index < -0.39 is 11.9 Å². The zero-order chi connectivity index (χ0) is 13.7. The number of carbonyl (C=O) groups excluding carboxylic acids is 1. The number of nitrogens with zero attached hydrogens (tertiary/aromatic N) is 2. The smallest absolute Gasteiger partial charge is 0.319 e. The zero-order valence-corrected chi connectivity index (χ0v) is 11.3. The second-order valence-corrected chi connectivity index (χ2v) is 4.72. The Kier molecular flexibility index (Phi) is 5.40. The monoisotopic (exact) mass is 258 g/mol. The van der Waals surface area contributed by atoms with Crippen molar-refractivity contribution in [2.75, 3.05) is 33.9 Å². The first kappa shape index (κ1) is 14.8. The van der Waals surface area contributed by atoms with Gasteiger partial charge in [0.15, 0.2) is 0 Å². The van der Waals surface area contributed by atoms with Crippen molar-refractivity contribution in [1.29, 1.82) is 0 Å². The molecule has 0 spiro atoms. The van der Waals surface area contributed by atoms with Gasteiger partial charge < -0.3 is 19.6 Å². The number of carbonyl (C=O) groups is 2. The summed E-state index contributed by atoms with van der Waals surface area (Å²) in [6.45, 7) is 3.22. The number of likely N-dealkylation sites (N-methyl/N-ethyl adjacent to an activating group) is 1. The number of hydrogen-bond donors (Lipinski definition) is 1. The van der Waals surface area contributed by atoms with Crippen LogP contribution in [-0.4, -0.2) is 66.8 Å². The molecular weight excluding hydrogens is 236 g/mol. The topological polar surface area (TPSA) is 70.1 Å². The summed E-state index contributed by atoms with van der Waals surface area (Å²) in [7, 11) is 3.38. The van der Waals surface area contributed by atoms with Gasteiger partial charge in [-0.2, -0.15) is 0 Å². The molecule has 1 aliphatic rings. The lowest BCUT2D eigenvalue weighted by Crippen LogP contribution is -2.49. The highest BCUT2D eigenvalue weighted by molar-refractivity contribution is 5.77. The first-order valence-electron chi connectivity index (χ1n) is 6.27. The molecule has 1 N–H and O–H groups in total. The van der Waals surface area contributed by atoms with E-state index in [1.807, 2.05) is 0 Å². The van der Waals surface area contributed by atoms with Crippen LogP contribution in [0.5, 0.6) is 0 Å². The van der Waals surface area contributed by atoms with E-state index in [-0.39, 0.29) is 18.7 Å². The fraction of sp³-hybridized carbons (Fsp3) is 0.833. The molecule has 1 aliphatic heterocycles. The average molecular weight is 258 g/mol. The molecule has 1 saturated heterocycles. The minimum absolute atomic E-state index is 0.148. The number of urea groups is 1. The van der Waals surface area contributed by atoms with E-state index in [1.54, 1.807) is 19.0 Å². The Morgan fingerprint density at radius 3 is 2.56 bits per heavy atom. The summed E-state index contributed by atoms with van der Waals surface area (Å²) in [5.41, 5.74) is 0. The summed E-state index contributed by atoms with van der Waals surface area (Å²) in [5.74, 6) is -1.54. The second kappa shape index (κ2) is 6.58. The van der Waals surface area contributed by atoms with Crippen molar-refractivity contribution in [2.24, 2.45) is 5.92 Å². The van der Waals surface area contributed by atoms with Gasteiger partial charge in [-0.1, -0.05) is 13.3 Å². The normalized spacial score (nSPS) is 22.8. The Morgan fingerprint density at radius 1 is 1.33 bits per heavy atom. The Balaban J connectivity index is 2.59. The molecule has 0 aliphatic carbocycles. The maximum absolute atomic E-state index is 12.1. The summed E-state index contributed by atoms with van der Waals surface area (Å²) in [4.78, 5) is 26.3. The quantitative estimate of drug-likeness (QED) is 0.794. The molecule has 1 heterocycles. The number of amides is 2. The molecule has 1 fully saturated rings. The van der Waals surface area contributed by atoms with Crippen molar-refractivity contribution in [1.82, 2.24) is 9.80 Å². The van der Waals surface area contributed by atoms with E-state index >= 15 is 0 Å². The van der Waals surface area contributed by atoms with E-state index in [0.717, 1.165) is 12.8 Å². The molecule has 2 unspecified atom stereocenters. The lowest BCUT2D eigenvalue weighted by Gasteiger charge is -2.30. The third-order valence-electron chi connectivity index (χ3n) is 3.34. The summed E-state index contributed by atoms with van der Waals surface area (Å²) in [6.07, 6.45) is 1.96. The van der Waals surface area contributed by atoms with Crippen LogP contribution in [0.1, 0.15) is 19.8 Å². The highest BCUT2D eigenvalue weighted by atomic mass is 16.5. The van der Waals surface area contributed by atoms with E-state index in [4.69, 9.17) is 9.84 Å². The minimum Gasteiger partial charge on any atom is -0.481 e. The van der Waals surface area contributed by atoms with Crippen LogP contribution in [0.25, 0.3) is 0 Å². The molecule has 104 valence electrons. The molecule has 2 atom stereocenters. The van der Waals surface area contributed by atoms with Crippen LogP contribution >= 0.6 is 0 Å². The third kappa shape index (κ3) is 3.35. The van der Waals surface area contributed by atoms with Gasteiger partial charge in [0.1, 0.15) is 5.92 Å². The van der Waals surface area contributed by atoms with Crippen molar-refractivity contribution in [3.05, 3.63) is 0 Å². The molecule has 18 heavy (non-hydrogen) atoms. The molecule has 0 aromatic rings. The van der Waals surface area contributed by atoms with E-state index in [2.05, 4.69) is 6.92 Å². The van der Waals surface area contributed by atoms with Gasteiger partial charge in [0.25, 0.3) is 0 Å². The molecule has 6 nitrogen and oxygen atoms in total. The van der Waals surface area contributed by atoms with Crippen molar-refractivity contribution in [3.63, 3.8) is 0 Å². The van der Waals surface area contributed by atoms with Crippen LogP contribution in [0.4, 0.5) is 4.79 Å². The molecule has 0 aromatic heterocycles. The van der Waals surface area contributed by atoms with Crippen LogP contribution in [0.15, 0.2) is 0 Å². The van der Waals surface area contributed by atoms with Crippen LogP contribution in [0, 0.1) is 5.92 Å². The van der Waals surface area contributed by atoms with Crippen molar-refractivity contribution in [3.8, 4) is 0 Å². The molecule has 2 amide bonds. The number of hydrogen-bond acceptors (Lipinski definition) is 3. The maximum atomic E-state index is 12.1. The fourth-order valence-corrected chi connectivity index (χ4v) is 2.06. The van der Waals surface area contributed by atoms with Gasteiger partial charge in [0.05, 0.1) is 19.3 Å². The van der Waals surface area contributed by atoms with E-state index in [9.17, 15) is 9.59 Å². The molecule has 6 heteroatoms. The SMILES string of the molecule is CCCCN(C)C(=O)N(C)C1COCC1C(=O)O. The maximum Gasteiger partial charge on any atom is 0.319 e. The Labute approximate surface area is 107 Å². The van der Waals surface area contributed by atoms with Gasteiger partial charge in [-0.3, -0.25) is 4.79 Å². The van der Waals surface area contributed by atoms with Crippen LogP contribution < -0.4 is 0 Å². The second-order valence-electron chi connectivity index (χ2n) is 4.72. The number of carboxylic acid groups (broad SMARTS) is 1. The summed E-state index contributed by atoms with van der Waals surface area (Å²) < 4.78 is 5.17. The highest BCUT2D eigenvalue weighted by Crippen LogP contribution is 2.19. The summed E-state index contributed by atoms with van der Waals surface area (Å²) in [6, 6.07) is -0.524. The first-order chi connectivity index (χ1) is 8.49. The Morgan fingerprint density at radius 2 is 2.00 bits per heavy atom. The van der Waals surface area contributed by atoms with Crippen molar-refractivity contribution < 1.29 is 19.4 Å². The van der Waals surface area contributed by atoms with Gasteiger partial charge in [0, 0.05) is 20.6 Å². The number of aliphatic carboxylic acids is 1. The lowest BCUT2D eigenvalue weighted by molar-refractivity contribution is -0.142. The van der Waals surface area contributed by atoms with E-state index in [1.165, 1.54) is 4.90 Å². The molecule has 0 aromatic carbocycles. The molecule has 0 bridgehead atoms. The lowest BCUT2D eigenvalue weighted by atomic mass is 10.0. The van der Waals surface area contributed by atoms with Gasteiger partial charge in [-0.25, -0.2) is 4.79 Å². The number of carboxylic acids is 1. The predicted molar refractivity (Wildman–Crippen MR) is 66.4 cm³/mol. The summed E-state index contributed by atoms with van der Waals surface area (Å²) >= 11 is 0. The molecule has 1 rings (SSSR count). The minimum atomic E-state index is -0.909. The van der Waals surface area contributed by atoms with Crippen LogP contribution in [-0.2, 0) is 9.53 Å². The summed E-state index contributed by atoms with van der Waals surface area (Å²) in [5, 5.41) is 9.06. The fourth-order valence-electron chi connectivity index (χ4n) is 2.06. The zero-order valence-electron chi connectivity index (χ0n) is 11.3. The number of ether oxygens (including phenoxy) is 1. The Hall–Kier alpha value is -1.30. The number of rotatable bonds is 5. The van der Waals surface area contributed by atoms with Crippen LogP contribution in [0.3, 0.4) is 0 Å². The van der Waals surface area contributed by atoms with Crippen molar-refractivity contribution >= 4 is 12.0 Å². The molecular formula is C12H22N2O4. The molecule has 0 saturated carbocycles. The Bertz CT molecular complexity index is 308. The van der Waals surface area contributed by atoms with Crippen LogP contribution in [0.2, 0.25) is 0 Å². The predicted octanol–water partition coefficient (Wildman–Crippen LogP) is 0.870. The standard InChI is InChI=1S/C12H22N2O4/c1-4-5-6-13(2)12(17)14(3)10-8-18-7-9(10)11(15)16/h9-10H,4-8H2,1-3H3,(H,15,16). The third-order valence-corrected chi connectivity index (χ3v) is 3.34. The molecule has 0 radical (unpaired) electrons. The highest BCUT2D eigenvalue weighted by Gasteiger charge is 2.39. The first-order valence-corrected chi connectivity index (χ1v) is 6.27. The average Bonchev–Trinajstić information content (AvgIpc) is 2.83. The van der Waals surface area contributed by atoms with Gasteiger partial charge in [-0.05, 0) is 6.42 Å². The van der Waals surface area contributed by atoms with Crippen molar-refractivity contribution in [2.45, 2.75) is 25.8 Å². The van der Waals surface area contributed by atoms with E-state index in [0.29, 0.717) is 13.2 Å². The van der Waals surface area contributed by atoms with Gasteiger partial charge >= 0.3 is 12.0 Å². The number of unbranched alkanes of at least 4 members (excludes halogenated alkanes) is 1. The van der Waals surface area contributed by atoms with Gasteiger partial charge in [-0.15, -0.1) is 0 Å².